The minimum atomic E-state index is -0.302. The summed E-state index contributed by atoms with van der Waals surface area (Å²) in [6.45, 7) is 2.29. The summed E-state index contributed by atoms with van der Waals surface area (Å²) in [5.41, 5.74) is 2.06. The highest BCUT2D eigenvalue weighted by Gasteiger charge is 2.14. The second-order valence-electron chi connectivity index (χ2n) is 5.35. The number of amides is 1. The van der Waals surface area contributed by atoms with Crippen molar-refractivity contribution in [1.82, 2.24) is 25.3 Å². The van der Waals surface area contributed by atoms with Crippen LogP contribution in [0.3, 0.4) is 0 Å². The van der Waals surface area contributed by atoms with Crippen LogP contribution in [0.15, 0.2) is 55.0 Å². The number of carbonyl (C=O) groups excluding carboxylic acids is 1. The van der Waals surface area contributed by atoms with E-state index in [1.807, 2.05) is 19.1 Å². The second kappa shape index (κ2) is 6.99. The van der Waals surface area contributed by atoms with Crippen LogP contribution in [-0.4, -0.2) is 25.9 Å². The summed E-state index contributed by atoms with van der Waals surface area (Å²) >= 11 is 0. The summed E-state index contributed by atoms with van der Waals surface area (Å²) in [7, 11) is 0. The van der Waals surface area contributed by atoms with E-state index in [0.717, 1.165) is 11.1 Å². The van der Waals surface area contributed by atoms with Crippen LogP contribution in [0.1, 0.15) is 34.6 Å². The third kappa shape index (κ3) is 3.62. The zero-order valence-corrected chi connectivity index (χ0v) is 13.1. The Morgan fingerprint density at radius 2 is 1.92 bits per heavy atom. The lowest BCUT2D eigenvalue weighted by molar-refractivity contribution is 0.0946. The fourth-order valence-electron chi connectivity index (χ4n) is 2.24. The first-order valence-corrected chi connectivity index (χ1v) is 7.48. The smallest absolute Gasteiger partial charge is 0.273 e. The third-order valence-corrected chi connectivity index (χ3v) is 3.69. The Kier molecular flexibility index (Phi) is 4.60. The van der Waals surface area contributed by atoms with Gasteiger partial charge in [-0.25, -0.2) is 9.07 Å². The van der Waals surface area contributed by atoms with Gasteiger partial charge in [0.2, 0.25) is 0 Å². The van der Waals surface area contributed by atoms with E-state index in [1.165, 1.54) is 12.1 Å². The fourth-order valence-corrected chi connectivity index (χ4v) is 2.24. The number of carbonyl (C=O) groups is 1. The minimum Gasteiger partial charge on any atom is -0.347 e. The number of nitrogens with zero attached hydrogens (tertiary/aromatic N) is 4. The number of hydrogen-bond acceptors (Lipinski definition) is 4. The molecule has 1 unspecified atom stereocenters. The number of halogens is 1. The quantitative estimate of drug-likeness (QED) is 0.781. The number of nitrogens with one attached hydrogen (secondary N) is 1. The molecule has 0 fully saturated rings. The zero-order valence-electron chi connectivity index (χ0n) is 13.1. The molecule has 3 aromatic rings. The molecular weight excluding hydrogens is 309 g/mol. The summed E-state index contributed by atoms with van der Waals surface area (Å²) in [6.07, 6.45) is 4.92. The van der Waals surface area contributed by atoms with Gasteiger partial charge in [0, 0.05) is 18.9 Å². The highest BCUT2D eigenvalue weighted by atomic mass is 19.1. The largest absolute Gasteiger partial charge is 0.347 e. The molecule has 1 amide bonds. The van der Waals surface area contributed by atoms with Crippen LogP contribution in [0, 0.1) is 5.82 Å². The molecule has 24 heavy (non-hydrogen) atoms. The molecular formula is C17H16FN5O. The number of benzene rings is 1. The van der Waals surface area contributed by atoms with E-state index < -0.39 is 0 Å². The predicted octanol–water partition coefficient (Wildman–Crippen LogP) is 2.35. The molecule has 0 spiro atoms. The number of rotatable bonds is 5. The number of hydrogen-bond donors (Lipinski definition) is 1. The topological polar surface area (TPSA) is 72.7 Å². The normalized spacial score (nSPS) is 11.9. The molecule has 7 heteroatoms. The SMILES string of the molecule is CC(c1ccc(F)cc1)n1cc(C(=O)NCc2ccncc2)nn1. The van der Waals surface area contributed by atoms with Gasteiger partial charge in [-0.1, -0.05) is 17.3 Å². The first-order chi connectivity index (χ1) is 11.6. The van der Waals surface area contributed by atoms with E-state index in [4.69, 9.17) is 0 Å². The van der Waals surface area contributed by atoms with Gasteiger partial charge in [0.1, 0.15) is 5.82 Å². The molecule has 2 heterocycles. The lowest BCUT2D eigenvalue weighted by atomic mass is 10.1. The Hall–Kier alpha value is -3.09. The Balaban J connectivity index is 1.66. The van der Waals surface area contributed by atoms with Crippen molar-refractivity contribution in [1.29, 1.82) is 0 Å². The standard InChI is InChI=1S/C17H16FN5O/c1-12(14-2-4-15(18)5-3-14)23-11-16(21-22-23)17(24)20-10-13-6-8-19-9-7-13/h2-9,11-12H,10H2,1H3,(H,20,24). The van der Waals surface area contributed by atoms with Crippen LogP contribution in [-0.2, 0) is 6.54 Å². The molecule has 1 aromatic carbocycles. The first-order valence-electron chi connectivity index (χ1n) is 7.48. The van der Waals surface area contributed by atoms with E-state index in [-0.39, 0.29) is 23.5 Å². The maximum absolute atomic E-state index is 13.0. The van der Waals surface area contributed by atoms with E-state index >= 15 is 0 Å². The van der Waals surface area contributed by atoms with Crippen LogP contribution >= 0.6 is 0 Å². The highest BCUT2D eigenvalue weighted by molar-refractivity contribution is 5.91. The molecule has 0 aliphatic heterocycles. The Labute approximate surface area is 138 Å². The van der Waals surface area contributed by atoms with Gasteiger partial charge in [-0.15, -0.1) is 5.10 Å². The summed E-state index contributed by atoms with van der Waals surface area (Å²) in [5.74, 6) is -0.593. The molecule has 6 nitrogen and oxygen atoms in total. The molecule has 1 N–H and O–H groups in total. The third-order valence-electron chi connectivity index (χ3n) is 3.69. The van der Waals surface area contributed by atoms with E-state index in [9.17, 15) is 9.18 Å². The Morgan fingerprint density at radius 1 is 1.21 bits per heavy atom. The number of aromatic nitrogens is 4. The molecule has 0 saturated heterocycles. The van der Waals surface area contributed by atoms with E-state index in [0.29, 0.717) is 6.54 Å². The van der Waals surface area contributed by atoms with Crippen molar-refractivity contribution in [3.8, 4) is 0 Å². The molecule has 0 radical (unpaired) electrons. The average Bonchev–Trinajstić information content (AvgIpc) is 3.11. The van der Waals surface area contributed by atoms with Crippen molar-refractivity contribution < 1.29 is 9.18 Å². The average molecular weight is 325 g/mol. The Bertz CT molecular complexity index is 817. The van der Waals surface area contributed by atoms with E-state index in [1.54, 1.807) is 35.4 Å². The van der Waals surface area contributed by atoms with Crippen molar-refractivity contribution in [3.63, 3.8) is 0 Å². The van der Waals surface area contributed by atoms with Crippen molar-refractivity contribution >= 4 is 5.91 Å². The lowest BCUT2D eigenvalue weighted by Gasteiger charge is -2.11. The predicted molar refractivity (Wildman–Crippen MR) is 85.6 cm³/mol. The van der Waals surface area contributed by atoms with Gasteiger partial charge in [0.05, 0.1) is 12.2 Å². The molecule has 2 aromatic heterocycles. The Morgan fingerprint density at radius 3 is 2.62 bits per heavy atom. The lowest BCUT2D eigenvalue weighted by Crippen LogP contribution is -2.23. The number of pyridine rings is 1. The molecule has 0 aliphatic rings. The van der Waals surface area contributed by atoms with E-state index in [2.05, 4.69) is 20.6 Å². The molecule has 3 rings (SSSR count). The van der Waals surface area contributed by atoms with Crippen LogP contribution in [0.25, 0.3) is 0 Å². The van der Waals surface area contributed by atoms with Gasteiger partial charge in [-0.2, -0.15) is 0 Å². The van der Waals surface area contributed by atoms with Crippen molar-refractivity contribution in [3.05, 3.63) is 77.6 Å². The monoisotopic (exact) mass is 325 g/mol. The molecule has 0 saturated carbocycles. The van der Waals surface area contributed by atoms with Gasteiger partial charge in [-0.05, 0) is 42.3 Å². The van der Waals surface area contributed by atoms with Gasteiger partial charge < -0.3 is 5.32 Å². The van der Waals surface area contributed by atoms with Gasteiger partial charge in [0.15, 0.2) is 5.69 Å². The van der Waals surface area contributed by atoms with Crippen LogP contribution < -0.4 is 5.32 Å². The minimum absolute atomic E-state index is 0.153. The zero-order chi connectivity index (χ0) is 16.9. The molecule has 0 aliphatic carbocycles. The maximum atomic E-state index is 13.0. The fraction of sp³-hybridized carbons (Fsp3) is 0.176. The summed E-state index contributed by atoms with van der Waals surface area (Å²) in [5, 5.41) is 10.7. The van der Waals surface area contributed by atoms with Crippen LogP contribution in [0.4, 0.5) is 4.39 Å². The van der Waals surface area contributed by atoms with Gasteiger partial charge in [-0.3, -0.25) is 9.78 Å². The van der Waals surface area contributed by atoms with Crippen molar-refractivity contribution in [2.75, 3.05) is 0 Å². The van der Waals surface area contributed by atoms with Crippen molar-refractivity contribution in [2.45, 2.75) is 19.5 Å². The molecule has 122 valence electrons. The maximum Gasteiger partial charge on any atom is 0.273 e. The highest BCUT2D eigenvalue weighted by Crippen LogP contribution is 2.17. The molecule has 1 atom stereocenters. The van der Waals surface area contributed by atoms with Crippen molar-refractivity contribution in [2.24, 2.45) is 0 Å². The molecule has 0 bridgehead atoms. The second-order valence-corrected chi connectivity index (χ2v) is 5.35. The first kappa shape index (κ1) is 15.8. The van der Waals surface area contributed by atoms with Crippen LogP contribution in [0.2, 0.25) is 0 Å². The van der Waals surface area contributed by atoms with Crippen LogP contribution in [0.5, 0.6) is 0 Å². The van der Waals surface area contributed by atoms with Gasteiger partial charge >= 0.3 is 0 Å². The summed E-state index contributed by atoms with van der Waals surface area (Å²) in [4.78, 5) is 16.1. The summed E-state index contributed by atoms with van der Waals surface area (Å²) in [6, 6.07) is 9.66. The van der Waals surface area contributed by atoms with Gasteiger partial charge in [0.25, 0.3) is 5.91 Å². The summed E-state index contributed by atoms with van der Waals surface area (Å²) < 4.78 is 14.6.